The quantitative estimate of drug-likeness (QED) is 0.790. The van der Waals surface area contributed by atoms with Gasteiger partial charge in [-0.2, -0.15) is 4.72 Å². The average Bonchev–Trinajstić information content (AvgIpc) is 3.08. The van der Waals surface area contributed by atoms with E-state index in [1.807, 2.05) is 6.07 Å². The molecule has 1 aliphatic heterocycles. The van der Waals surface area contributed by atoms with E-state index in [0.29, 0.717) is 23.1 Å². The van der Waals surface area contributed by atoms with Crippen LogP contribution in [0, 0.1) is 0 Å². The molecular weight excluding hydrogens is 392 g/mol. The van der Waals surface area contributed by atoms with Gasteiger partial charge in [-0.3, -0.25) is 4.79 Å². The Balaban J connectivity index is 1.64. The van der Waals surface area contributed by atoms with Gasteiger partial charge in [0.1, 0.15) is 0 Å². The largest absolute Gasteiger partial charge is 0.454 e. The van der Waals surface area contributed by atoms with E-state index in [4.69, 9.17) is 21.1 Å². The average molecular weight is 411 g/mol. The molecule has 1 amide bonds. The smallest absolute Gasteiger partial charge is 0.241 e. The molecule has 2 aromatic carbocycles. The normalized spacial score (nSPS) is 14.0. The number of amides is 1. The fraction of sp³-hybridized carbons (Fsp3) is 0.278. The van der Waals surface area contributed by atoms with Crippen molar-refractivity contribution in [3.63, 3.8) is 0 Å². The number of fused-ring (bicyclic) bond motifs is 1. The molecule has 0 aliphatic carbocycles. The van der Waals surface area contributed by atoms with E-state index < -0.39 is 16.1 Å². The minimum absolute atomic E-state index is 0.0463. The summed E-state index contributed by atoms with van der Waals surface area (Å²) in [4.78, 5) is 14.1. The summed E-state index contributed by atoms with van der Waals surface area (Å²) in [5.41, 5.74) is 0.850. The molecule has 9 heteroatoms. The molecule has 0 aromatic heterocycles. The molecule has 0 spiro atoms. The monoisotopic (exact) mass is 410 g/mol. The minimum Gasteiger partial charge on any atom is -0.454 e. The van der Waals surface area contributed by atoms with E-state index in [2.05, 4.69) is 4.72 Å². The first-order chi connectivity index (χ1) is 12.8. The van der Waals surface area contributed by atoms with Crippen LogP contribution in [-0.2, 0) is 21.4 Å². The Morgan fingerprint density at radius 3 is 2.56 bits per heavy atom. The number of ether oxygens (including phenoxy) is 2. The Kier molecular flexibility index (Phi) is 5.59. The summed E-state index contributed by atoms with van der Waals surface area (Å²) in [5.74, 6) is 0.937. The van der Waals surface area contributed by atoms with Gasteiger partial charge in [0.2, 0.25) is 22.7 Å². The summed E-state index contributed by atoms with van der Waals surface area (Å²) in [6.07, 6.45) is 0. The van der Waals surface area contributed by atoms with Crippen molar-refractivity contribution in [2.75, 3.05) is 13.8 Å². The van der Waals surface area contributed by atoms with Crippen LogP contribution < -0.4 is 14.2 Å². The second kappa shape index (κ2) is 7.75. The molecule has 0 bridgehead atoms. The maximum atomic E-state index is 12.6. The number of benzene rings is 2. The molecule has 1 N–H and O–H groups in total. The molecule has 0 fully saturated rings. The predicted molar refractivity (Wildman–Crippen MR) is 100 cm³/mol. The van der Waals surface area contributed by atoms with Crippen molar-refractivity contribution >= 4 is 27.5 Å². The van der Waals surface area contributed by atoms with Gasteiger partial charge in [-0.15, -0.1) is 0 Å². The fourth-order valence-electron chi connectivity index (χ4n) is 2.69. The number of halogens is 1. The molecule has 0 saturated carbocycles. The highest BCUT2D eigenvalue weighted by Gasteiger charge is 2.25. The lowest BCUT2D eigenvalue weighted by Crippen LogP contribution is -2.45. The predicted octanol–water partition coefficient (Wildman–Crippen LogP) is 2.39. The minimum atomic E-state index is -3.83. The van der Waals surface area contributed by atoms with E-state index in [1.165, 1.54) is 36.1 Å². The zero-order chi connectivity index (χ0) is 19.6. The molecule has 1 atom stereocenters. The Labute approximate surface area is 162 Å². The number of likely N-dealkylation sites (N-methyl/N-ethyl adjacent to an activating group) is 1. The first-order valence-electron chi connectivity index (χ1n) is 8.17. The fourth-order valence-corrected chi connectivity index (χ4v) is 4.01. The van der Waals surface area contributed by atoms with Gasteiger partial charge >= 0.3 is 0 Å². The van der Waals surface area contributed by atoms with Gasteiger partial charge in [0.25, 0.3) is 0 Å². The Morgan fingerprint density at radius 2 is 1.85 bits per heavy atom. The number of carbonyl (C=O) groups excluding carboxylic acids is 1. The summed E-state index contributed by atoms with van der Waals surface area (Å²) in [7, 11) is -2.22. The van der Waals surface area contributed by atoms with Crippen molar-refractivity contribution in [1.82, 2.24) is 9.62 Å². The molecule has 27 heavy (non-hydrogen) atoms. The number of hydrogen-bond donors (Lipinski definition) is 1. The van der Waals surface area contributed by atoms with Gasteiger partial charge in [0, 0.05) is 18.6 Å². The first-order valence-corrected chi connectivity index (χ1v) is 10.0. The van der Waals surface area contributed by atoms with Gasteiger partial charge in [-0.1, -0.05) is 17.7 Å². The van der Waals surface area contributed by atoms with Gasteiger partial charge in [-0.25, -0.2) is 8.42 Å². The molecular formula is C18H19ClN2O5S. The number of carbonyl (C=O) groups is 1. The van der Waals surface area contributed by atoms with E-state index in [-0.39, 0.29) is 17.6 Å². The zero-order valence-corrected chi connectivity index (χ0v) is 16.4. The molecule has 2 aromatic rings. The summed E-state index contributed by atoms with van der Waals surface area (Å²) < 4.78 is 37.8. The first kappa shape index (κ1) is 19.5. The van der Waals surface area contributed by atoms with Gasteiger partial charge in [0.05, 0.1) is 10.9 Å². The van der Waals surface area contributed by atoms with Crippen molar-refractivity contribution in [1.29, 1.82) is 0 Å². The van der Waals surface area contributed by atoms with E-state index in [1.54, 1.807) is 19.2 Å². The van der Waals surface area contributed by atoms with E-state index in [9.17, 15) is 13.2 Å². The summed E-state index contributed by atoms with van der Waals surface area (Å²) in [6.45, 7) is 1.99. The maximum Gasteiger partial charge on any atom is 0.241 e. The Morgan fingerprint density at radius 1 is 1.19 bits per heavy atom. The molecule has 3 rings (SSSR count). The third kappa shape index (κ3) is 4.52. The van der Waals surface area contributed by atoms with Crippen LogP contribution in [0.3, 0.4) is 0 Å². The van der Waals surface area contributed by atoms with Crippen LogP contribution in [0.5, 0.6) is 11.5 Å². The van der Waals surface area contributed by atoms with Crippen molar-refractivity contribution in [2.45, 2.75) is 24.4 Å². The number of nitrogens with one attached hydrogen (secondary N) is 1. The second-order valence-corrected chi connectivity index (χ2v) is 8.33. The van der Waals surface area contributed by atoms with Crippen molar-refractivity contribution in [2.24, 2.45) is 0 Å². The third-order valence-electron chi connectivity index (χ3n) is 4.06. The summed E-state index contributed by atoms with van der Waals surface area (Å²) in [6, 6.07) is 10.2. The standard InChI is InChI=1S/C18H19ClN2O5S/c1-12(20-27(23,24)15-6-4-14(19)5-7-15)18(22)21(2)10-13-3-8-16-17(9-13)26-11-25-16/h3-9,12,20H,10-11H2,1-2H3. The lowest BCUT2D eigenvalue weighted by Gasteiger charge is -2.22. The zero-order valence-electron chi connectivity index (χ0n) is 14.8. The van der Waals surface area contributed by atoms with Crippen LogP contribution in [0.2, 0.25) is 5.02 Å². The molecule has 7 nitrogen and oxygen atoms in total. The van der Waals surface area contributed by atoms with Crippen LogP contribution in [0.4, 0.5) is 0 Å². The Bertz CT molecular complexity index is 947. The van der Waals surface area contributed by atoms with Crippen LogP contribution in [0.1, 0.15) is 12.5 Å². The van der Waals surface area contributed by atoms with Gasteiger partial charge < -0.3 is 14.4 Å². The van der Waals surface area contributed by atoms with E-state index >= 15 is 0 Å². The number of rotatable bonds is 6. The van der Waals surface area contributed by atoms with Gasteiger partial charge in [0.15, 0.2) is 11.5 Å². The van der Waals surface area contributed by atoms with Crippen LogP contribution in [0.25, 0.3) is 0 Å². The van der Waals surface area contributed by atoms with Gasteiger partial charge in [-0.05, 0) is 48.9 Å². The summed E-state index contributed by atoms with van der Waals surface area (Å²) >= 11 is 5.78. The molecule has 0 radical (unpaired) electrons. The molecule has 144 valence electrons. The van der Waals surface area contributed by atoms with Crippen molar-refractivity contribution in [3.05, 3.63) is 53.1 Å². The highest BCUT2D eigenvalue weighted by molar-refractivity contribution is 7.89. The van der Waals surface area contributed by atoms with E-state index in [0.717, 1.165) is 5.56 Å². The highest BCUT2D eigenvalue weighted by atomic mass is 35.5. The molecule has 0 saturated heterocycles. The number of hydrogen-bond acceptors (Lipinski definition) is 5. The molecule has 1 heterocycles. The lowest BCUT2D eigenvalue weighted by molar-refractivity contribution is -0.131. The van der Waals surface area contributed by atoms with Crippen molar-refractivity contribution in [3.8, 4) is 11.5 Å². The molecule has 1 unspecified atom stereocenters. The second-order valence-electron chi connectivity index (χ2n) is 6.18. The lowest BCUT2D eigenvalue weighted by atomic mass is 10.2. The van der Waals surface area contributed by atoms with Crippen LogP contribution in [-0.4, -0.2) is 39.1 Å². The third-order valence-corrected chi connectivity index (χ3v) is 5.87. The number of sulfonamides is 1. The maximum absolute atomic E-state index is 12.6. The number of nitrogens with zero attached hydrogens (tertiary/aromatic N) is 1. The summed E-state index contributed by atoms with van der Waals surface area (Å²) in [5, 5.41) is 0.432. The molecule has 1 aliphatic rings. The van der Waals surface area contributed by atoms with Crippen LogP contribution in [0.15, 0.2) is 47.4 Å². The van der Waals surface area contributed by atoms with Crippen LogP contribution >= 0.6 is 11.6 Å². The SMILES string of the molecule is CC(NS(=O)(=O)c1ccc(Cl)cc1)C(=O)N(C)Cc1ccc2c(c1)OCO2. The highest BCUT2D eigenvalue weighted by Crippen LogP contribution is 2.32. The topological polar surface area (TPSA) is 84.9 Å². The van der Waals surface area contributed by atoms with Crippen molar-refractivity contribution < 1.29 is 22.7 Å². The Hall–Kier alpha value is -2.29.